The van der Waals surface area contributed by atoms with Gasteiger partial charge in [-0.3, -0.25) is 0 Å². The van der Waals surface area contributed by atoms with Crippen molar-refractivity contribution in [1.82, 2.24) is 4.31 Å². The molecule has 1 rings (SSSR count). The minimum atomic E-state index is -3.35. The first-order valence-corrected chi connectivity index (χ1v) is 7.45. The summed E-state index contributed by atoms with van der Waals surface area (Å²) in [5.74, 6) is 0. The Bertz CT molecular complexity index is 490. The molecule has 0 amide bonds. The molecule has 17 heavy (non-hydrogen) atoms. The third kappa shape index (κ3) is 4.44. The molecule has 0 bridgehead atoms. The largest absolute Gasteiger partial charge is 0.395 e. The van der Waals surface area contributed by atoms with Gasteiger partial charge in [-0.1, -0.05) is 29.3 Å². The highest BCUT2D eigenvalue weighted by Crippen LogP contribution is 2.23. The van der Waals surface area contributed by atoms with Crippen molar-refractivity contribution in [2.75, 3.05) is 19.4 Å². The Morgan fingerprint density at radius 3 is 2.41 bits per heavy atom. The molecule has 0 atom stereocenters. The van der Waals surface area contributed by atoms with E-state index in [1.807, 2.05) is 0 Å². The van der Waals surface area contributed by atoms with Crippen LogP contribution in [0.1, 0.15) is 5.56 Å². The van der Waals surface area contributed by atoms with Gasteiger partial charge < -0.3 is 5.11 Å². The van der Waals surface area contributed by atoms with Crippen LogP contribution in [0.25, 0.3) is 0 Å². The van der Waals surface area contributed by atoms with Gasteiger partial charge in [0, 0.05) is 13.1 Å². The molecule has 0 aliphatic rings. The molecule has 7 heteroatoms. The van der Waals surface area contributed by atoms with Crippen molar-refractivity contribution >= 4 is 33.2 Å². The van der Waals surface area contributed by atoms with E-state index in [-0.39, 0.29) is 19.7 Å². The number of sulfonamides is 1. The van der Waals surface area contributed by atoms with Gasteiger partial charge in [0.25, 0.3) is 0 Å². The number of hydrogen-bond donors (Lipinski definition) is 1. The topological polar surface area (TPSA) is 57.6 Å². The highest BCUT2D eigenvalue weighted by Gasteiger charge is 2.16. The zero-order chi connectivity index (χ0) is 13.1. The normalized spacial score (nSPS) is 12.1. The minimum Gasteiger partial charge on any atom is -0.395 e. The minimum absolute atomic E-state index is 0.0546. The Labute approximate surface area is 111 Å². The van der Waals surface area contributed by atoms with Gasteiger partial charge in [0.2, 0.25) is 10.0 Å². The molecule has 0 saturated carbocycles. The van der Waals surface area contributed by atoms with Crippen molar-refractivity contribution in [2.45, 2.75) is 6.54 Å². The number of halogens is 2. The molecule has 1 N–H and O–H groups in total. The van der Waals surface area contributed by atoms with E-state index in [0.29, 0.717) is 10.0 Å². The summed E-state index contributed by atoms with van der Waals surface area (Å²) in [5, 5.41) is 9.62. The average Bonchev–Trinajstić information content (AvgIpc) is 2.21. The number of aliphatic hydroxyl groups excluding tert-OH is 1. The van der Waals surface area contributed by atoms with Crippen molar-refractivity contribution in [3.63, 3.8) is 0 Å². The molecular weight excluding hydrogens is 285 g/mol. The molecule has 0 saturated heterocycles. The fourth-order valence-electron chi connectivity index (χ4n) is 1.32. The lowest BCUT2D eigenvalue weighted by atomic mass is 10.2. The summed E-state index contributed by atoms with van der Waals surface area (Å²) >= 11 is 11.6. The van der Waals surface area contributed by atoms with Crippen molar-refractivity contribution in [1.29, 1.82) is 0 Å². The maximum absolute atomic E-state index is 11.4. The van der Waals surface area contributed by atoms with Gasteiger partial charge in [0.1, 0.15) is 0 Å². The van der Waals surface area contributed by atoms with Gasteiger partial charge in [-0.05, 0) is 17.7 Å². The van der Waals surface area contributed by atoms with Crippen LogP contribution < -0.4 is 0 Å². The maximum atomic E-state index is 11.4. The maximum Gasteiger partial charge on any atom is 0.211 e. The monoisotopic (exact) mass is 297 g/mol. The van der Waals surface area contributed by atoms with Gasteiger partial charge >= 0.3 is 0 Å². The second kappa shape index (κ2) is 6.02. The molecule has 1 aromatic carbocycles. The highest BCUT2D eigenvalue weighted by molar-refractivity contribution is 7.88. The summed E-state index contributed by atoms with van der Waals surface area (Å²) in [5.41, 5.74) is 0.721. The van der Waals surface area contributed by atoms with E-state index in [2.05, 4.69) is 0 Å². The number of hydrogen-bond acceptors (Lipinski definition) is 3. The molecule has 0 aromatic heterocycles. The van der Waals surface area contributed by atoms with Crippen LogP contribution in [0, 0.1) is 0 Å². The van der Waals surface area contributed by atoms with Crippen LogP contribution >= 0.6 is 23.2 Å². The molecule has 0 unspecified atom stereocenters. The molecule has 0 fully saturated rings. The predicted octanol–water partition coefficient (Wildman–Crippen LogP) is 1.75. The van der Waals surface area contributed by atoms with Crippen LogP contribution in [0.5, 0.6) is 0 Å². The van der Waals surface area contributed by atoms with Gasteiger partial charge in [-0.15, -0.1) is 0 Å². The zero-order valence-corrected chi connectivity index (χ0v) is 11.6. The standard InChI is InChI=1S/C10H13Cl2NO3S/c1-17(15,16)13(4-5-14)7-8-2-3-9(11)10(12)6-8/h2-3,6,14H,4-5,7H2,1H3. The molecule has 96 valence electrons. The van der Waals surface area contributed by atoms with Crippen LogP contribution in [0.4, 0.5) is 0 Å². The summed E-state index contributed by atoms with van der Waals surface area (Å²) in [6.45, 7) is -0.0102. The van der Waals surface area contributed by atoms with Gasteiger partial charge in [-0.2, -0.15) is 4.31 Å². The summed E-state index contributed by atoms with van der Waals surface area (Å²) in [6.07, 6.45) is 1.10. The predicted molar refractivity (Wildman–Crippen MR) is 68.8 cm³/mol. The Morgan fingerprint density at radius 1 is 1.29 bits per heavy atom. The van der Waals surface area contributed by atoms with Crippen molar-refractivity contribution in [3.8, 4) is 0 Å². The molecule has 4 nitrogen and oxygen atoms in total. The summed E-state index contributed by atoms with van der Waals surface area (Å²) in [7, 11) is -3.35. The van der Waals surface area contributed by atoms with Crippen LogP contribution in [-0.4, -0.2) is 37.2 Å². The Hall–Kier alpha value is -0.330. The van der Waals surface area contributed by atoms with Gasteiger partial charge in [0.15, 0.2) is 0 Å². The van der Waals surface area contributed by atoms with Crippen molar-refractivity contribution in [3.05, 3.63) is 33.8 Å². The first-order valence-electron chi connectivity index (χ1n) is 4.84. The number of aliphatic hydroxyl groups is 1. The Kier molecular flexibility index (Phi) is 5.22. The fraction of sp³-hybridized carbons (Fsp3) is 0.400. The molecule has 0 heterocycles. The molecule has 0 radical (unpaired) electrons. The van der Waals surface area contributed by atoms with E-state index in [0.717, 1.165) is 11.8 Å². The average molecular weight is 298 g/mol. The number of nitrogens with zero attached hydrogens (tertiary/aromatic N) is 1. The van der Waals surface area contributed by atoms with E-state index in [4.69, 9.17) is 28.3 Å². The van der Waals surface area contributed by atoms with E-state index < -0.39 is 10.0 Å². The van der Waals surface area contributed by atoms with Gasteiger partial charge in [-0.25, -0.2) is 8.42 Å². The Morgan fingerprint density at radius 2 is 1.94 bits per heavy atom. The lowest BCUT2D eigenvalue weighted by molar-refractivity contribution is 0.251. The smallest absolute Gasteiger partial charge is 0.211 e. The van der Waals surface area contributed by atoms with Crippen molar-refractivity contribution in [2.24, 2.45) is 0 Å². The molecule has 0 spiro atoms. The quantitative estimate of drug-likeness (QED) is 0.901. The van der Waals surface area contributed by atoms with E-state index in [1.54, 1.807) is 18.2 Å². The van der Waals surface area contributed by atoms with Crippen LogP contribution in [-0.2, 0) is 16.6 Å². The SMILES string of the molecule is CS(=O)(=O)N(CCO)Cc1ccc(Cl)c(Cl)c1. The van der Waals surface area contributed by atoms with E-state index >= 15 is 0 Å². The van der Waals surface area contributed by atoms with Gasteiger partial charge in [0.05, 0.1) is 22.9 Å². The second-order valence-corrected chi connectivity index (χ2v) is 6.37. The molecule has 1 aromatic rings. The first-order chi connectivity index (χ1) is 7.84. The van der Waals surface area contributed by atoms with Crippen LogP contribution in [0.2, 0.25) is 10.0 Å². The second-order valence-electron chi connectivity index (χ2n) is 3.57. The lowest BCUT2D eigenvalue weighted by Crippen LogP contribution is -2.32. The molecular formula is C10H13Cl2NO3S. The fourth-order valence-corrected chi connectivity index (χ4v) is 2.43. The Balaban J connectivity index is 2.90. The third-order valence-corrected chi connectivity index (χ3v) is 4.15. The summed E-state index contributed by atoms with van der Waals surface area (Å²) in [6, 6.07) is 4.92. The zero-order valence-electron chi connectivity index (χ0n) is 9.23. The van der Waals surface area contributed by atoms with Crippen LogP contribution in [0.15, 0.2) is 18.2 Å². The van der Waals surface area contributed by atoms with Crippen molar-refractivity contribution < 1.29 is 13.5 Å². The first kappa shape index (κ1) is 14.7. The highest BCUT2D eigenvalue weighted by atomic mass is 35.5. The number of benzene rings is 1. The van der Waals surface area contributed by atoms with E-state index in [1.165, 1.54) is 4.31 Å². The summed E-state index contributed by atoms with van der Waals surface area (Å²) < 4.78 is 24.0. The van der Waals surface area contributed by atoms with Crippen LogP contribution in [0.3, 0.4) is 0 Å². The van der Waals surface area contributed by atoms with E-state index in [9.17, 15) is 8.42 Å². The third-order valence-electron chi connectivity index (χ3n) is 2.16. The molecule has 0 aliphatic carbocycles. The summed E-state index contributed by atoms with van der Waals surface area (Å²) in [4.78, 5) is 0. The number of rotatable bonds is 5. The molecule has 0 aliphatic heterocycles. The lowest BCUT2D eigenvalue weighted by Gasteiger charge is -2.18.